The number of nitrogens with one attached hydrogen (secondary N) is 1. The van der Waals surface area contributed by atoms with Crippen molar-refractivity contribution in [3.05, 3.63) is 125 Å². The number of hydrogen-bond acceptors (Lipinski definition) is 2. The van der Waals surface area contributed by atoms with Gasteiger partial charge in [-0.05, 0) is 49.6 Å². The van der Waals surface area contributed by atoms with Crippen LogP contribution in [0.1, 0.15) is 39.6 Å². The van der Waals surface area contributed by atoms with Crippen LogP contribution in [0, 0.1) is 20.8 Å². The van der Waals surface area contributed by atoms with Gasteiger partial charge in [0.25, 0.3) is 5.91 Å². The van der Waals surface area contributed by atoms with Crippen LogP contribution in [0.2, 0.25) is 0 Å². The average molecular weight is 422 g/mol. The summed E-state index contributed by atoms with van der Waals surface area (Å²) in [6.45, 7) is 6.26. The number of amides is 1. The Kier molecular flexibility index (Phi) is 6.31. The van der Waals surface area contributed by atoms with E-state index in [1.165, 1.54) is 5.56 Å². The molecule has 1 heterocycles. The molecule has 4 nitrogen and oxygen atoms in total. The zero-order chi connectivity index (χ0) is 22.5. The van der Waals surface area contributed by atoms with Gasteiger partial charge in [-0.2, -0.15) is 5.10 Å². The molecule has 0 saturated carbocycles. The Balaban J connectivity index is 1.58. The standard InChI is InChI=1S/C28H27N3O/c1-20-12-10-11-17-26(20)31-21(2)18-25(22(31)3)19-29-30-28(32)27(23-13-6-4-7-14-23)24-15-8-5-9-16-24/h4-19,27H,1-3H3,(H,30,32)/b29-19-. The van der Waals surface area contributed by atoms with Crippen LogP contribution in [-0.4, -0.2) is 16.7 Å². The van der Waals surface area contributed by atoms with Crippen molar-refractivity contribution < 1.29 is 4.79 Å². The van der Waals surface area contributed by atoms with Crippen LogP contribution in [0.3, 0.4) is 0 Å². The lowest BCUT2D eigenvalue weighted by atomic mass is 9.91. The zero-order valence-corrected chi connectivity index (χ0v) is 18.6. The number of rotatable bonds is 6. The number of hydrazone groups is 1. The van der Waals surface area contributed by atoms with Crippen LogP contribution in [0.5, 0.6) is 0 Å². The van der Waals surface area contributed by atoms with Crippen molar-refractivity contribution >= 4 is 12.1 Å². The van der Waals surface area contributed by atoms with Gasteiger partial charge in [-0.3, -0.25) is 4.79 Å². The molecule has 3 aromatic carbocycles. The van der Waals surface area contributed by atoms with Gasteiger partial charge in [0.1, 0.15) is 0 Å². The van der Waals surface area contributed by atoms with Crippen molar-refractivity contribution in [2.24, 2.45) is 5.10 Å². The monoisotopic (exact) mass is 421 g/mol. The maximum absolute atomic E-state index is 13.1. The lowest BCUT2D eigenvalue weighted by molar-refractivity contribution is -0.121. The molecule has 160 valence electrons. The predicted octanol–water partition coefficient (Wildman–Crippen LogP) is 5.68. The van der Waals surface area contributed by atoms with Crippen molar-refractivity contribution in [2.75, 3.05) is 0 Å². The molecule has 0 aliphatic rings. The molecule has 0 atom stereocenters. The number of carbonyl (C=O) groups excluding carboxylic acids is 1. The smallest absolute Gasteiger partial charge is 0.252 e. The molecule has 0 spiro atoms. The van der Waals surface area contributed by atoms with Crippen LogP contribution in [0.25, 0.3) is 5.69 Å². The Labute approximate surface area is 189 Å². The van der Waals surface area contributed by atoms with E-state index in [4.69, 9.17) is 0 Å². The fourth-order valence-corrected chi connectivity index (χ4v) is 4.12. The van der Waals surface area contributed by atoms with Crippen LogP contribution in [-0.2, 0) is 4.79 Å². The molecule has 1 amide bonds. The van der Waals surface area contributed by atoms with Crippen molar-refractivity contribution in [2.45, 2.75) is 26.7 Å². The van der Waals surface area contributed by atoms with E-state index in [1.807, 2.05) is 72.8 Å². The molecule has 0 fully saturated rings. The number of para-hydroxylation sites is 1. The molecule has 0 aliphatic heterocycles. The molecule has 32 heavy (non-hydrogen) atoms. The summed E-state index contributed by atoms with van der Waals surface area (Å²) >= 11 is 0. The highest BCUT2D eigenvalue weighted by Gasteiger charge is 2.22. The quantitative estimate of drug-likeness (QED) is 0.316. The lowest BCUT2D eigenvalue weighted by Gasteiger charge is -2.16. The molecule has 0 unspecified atom stereocenters. The van der Waals surface area contributed by atoms with E-state index in [2.05, 4.69) is 54.1 Å². The summed E-state index contributed by atoms with van der Waals surface area (Å²) in [5, 5.41) is 4.31. The molecular formula is C28H27N3O. The van der Waals surface area contributed by atoms with Crippen LogP contribution < -0.4 is 5.43 Å². The van der Waals surface area contributed by atoms with Gasteiger partial charge in [-0.1, -0.05) is 78.9 Å². The first-order chi connectivity index (χ1) is 15.6. The van der Waals surface area contributed by atoms with Gasteiger partial charge >= 0.3 is 0 Å². The van der Waals surface area contributed by atoms with Gasteiger partial charge in [0.05, 0.1) is 12.1 Å². The first-order valence-corrected chi connectivity index (χ1v) is 10.7. The lowest BCUT2D eigenvalue weighted by Crippen LogP contribution is -2.26. The molecule has 4 heteroatoms. The SMILES string of the molecule is Cc1ccccc1-n1c(C)cc(/C=N\NC(=O)C(c2ccccc2)c2ccccc2)c1C. The number of benzene rings is 3. The molecule has 0 saturated heterocycles. The number of hydrogen-bond donors (Lipinski definition) is 1. The fourth-order valence-electron chi connectivity index (χ4n) is 4.12. The summed E-state index contributed by atoms with van der Waals surface area (Å²) in [4.78, 5) is 13.1. The highest BCUT2D eigenvalue weighted by molar-refractivity contribution is 5.89. The molecule has 0 aliphatic carbocycles. The van der Waals surface area contributed by atoms with Crippen molar-refractivity contribution in [3.63, 3.8) is 0 Å². The highest BCUT2D eigenvalue weighted by atomic mass is 16.2. The molecule has 0 radical (unpaired) electrons. The summed E-state index contributed by atoms with van der Waals surface area (Å²) in [7, 11) is 0. The zero-order valence-electron chi connectivity index (χ0n) is 18.6. The first kappa shape index (κ1) is 21.3. The minimum Gasteiger partial charge on any atom is -0.318 e. The van der Waals surface area contributed by atoms with Crippen LogP contribution in [0.15, 0.2) is 96.1 Å². The second-order valence-corrected chi connectivity index (χ2v) is 7.94. The van der Waals surface area contributed by atoms with Gasteiger partial charge in [0, 0.05) is 22.6 Å². The Morgan fingerprint density at radius 3 is 2.00 bits per heavy atom. The third-order valence-electron chi connectivity index (χ3n) is 5.73. The molecule has 4 aromatic rings. The summed E-state index contributed by atoms with van der Waals surface area (Å²) in [6, 6.07) is 30.0. The number of aryl methyl sites for hydroxylation is 2. The highest BCUT2D eigenvalue weighted by Crippen LogP contribution is 2.25. The van der Waals surface area contributed by atoms with Gasteiger partial charge in [-0.25, -0.2) is 5.43 Å². The van der Waals surface area contributed by atoms with Crippen molar-refractivity contribution in [1.82, 2.24) is 9.99 Å². The summed E-state index contributed by atoms with van der Waals surface area (Å²) in [5.41, 5.74) is 10.2. The fraction of sp³-hybridized carbons (Fsp3) is 0.143. The molecule has 1 aromatic heterocycles. The molecule has 1 N–H and O–H groups in total. The van der Waals surface area contributed by atoms with Gasteiger partial charge < -0.3 is 4.57 Å². The van der Waals surface area contributed by atoms with E-state index in [9.17, 15) is 4.79 Å². The summed E-state index contributed by atoms with van der Waals surface area (Å²) in [6.07, 6.45) is 1.72. The minimum absolute atomic E-state index is 0.161. The van der Waals surface area contributed by atoms with E-state index < -0.39 is 5.92 Å². The third-order valence-corrected chi connectivity index (χ3v) is 5.73. The van der Waals surface area contributed by atoms with E-state index in [0.717, 1.165) is 33.8 Å². The van der Waals surface area contributed by atoms with Gasteiger partial charge in [0.2, 0.25) is 0 Å². The molecule has 4 rings (SSSR count). The molecular weight excluding hydrogens is 394 g/mol. The predicted molar refractivity (Wildman–Crippen MR) is 130 cm³/mol. The number of aromatic nitrogens is 1. The summed E-state index contributed by atoms with van der Waals surface area (Å²) in [5.74, 6) is -0.583. The average Bonchev–Trinajstić information content (AvgIpc) is 3.09. The van der Waals surface area contributed by atoms with E-state index in [-0.39, 0.29) is 5.91 Å². The Hall–Kier alpha value is -3.92. The van der Waals surface area contributed by atoms with Gasteiger partial charge in [0.15, 0.2) is 0 Å². The third kappa shape index (κ3) is 4.40. The normalized spacial score (nSPS) is 11.2. The van der Waals surface area contributed by atoms with Crippen molar-refractivity contribution in [1.29, 1.82) is 0 Å². The second kappa shape index (κ2) is 9.48. The Morgan fingerprint density at radius 1 is 0.844 bits per heavy atom. The maximum Gasteiger partial charge on any atom is 0.252 e. The Bertz CT molecular complexity index is 1200. The van der Waals surface area contributed by atoms with E-state index >= 15 is 0 Å². The van der Waals surface area contributed by atoms with Gasteiger partial charge in [-0.15, -0.1) is 0 Å². The first-order valence-electron chi connectivity index (χ1n) is 10.7. The maximum atomic E-state index is 13.1. The van der Waals surface area contributed by atoms with E-state index in [0.29, 0.717) is 0 Å². The summed E-state index contributed by atoms with van der Waals surface area (Å²) < 4.78 is 2.22. The number of carbonyl (C=O) groups is 1. The Morgan fingerprint density at radius 2 is 1.41 bits per heavy atom. The largest absolute Gasteiger partial charge is 0.318 e. The molecule has 0 bridgehead atoms. The second-order valence-electron chi connectivity index (χ2n) is 7.94. The minimum atomic E-state index is -0.422. The van der Waals surface area contributed by atoms with Crippen molar-refractivity contribution in [3.8, 4) is 5.69 Å². The number of nitrogens with zero attached hydrogens (tertiary/aromatic N) is 2. The topological polar surface area (TPSA) is 46.4 Å². The van der Waals surface area contributed by atoms with Crippen LogP contribution in [0.4, 0.5) is 0 Å². The van der Waals surface area contributed by atoms with Crippen LogP contribution >= 0.6 is 0 Å². The van der Waals surface area contributed by atoms with E-state index in [1.54, 1.807) is 6.21 Å².